The Hall–Kier alpha value is -1.06. The molecule has 56 valence electrons. The predicted molar refractivity (Wildman–Crippen MR) is 38.6 cm³/mol. The second-order valence-corrected chi connectivity index (χ2v) is 1.83. The molecule has 4 nitrogen and oxygen atoms in total. The molecule has 0 N–H and O–H groups in total. The normalized spacial score (nSPS) is 17.4. The van der Waals surface area contributed by atoms with E-state index in [1.807, 2.05) is 0 Å². The molecule has 0 spiro atoms. The SMILES string of the molecule is COC1=NCC(OC)=NC1. The third-order valence-electron chi connectivity index (χ3n) is 1.25. The summed E-state index contributed by atoms with van der Waals surface area (Å²) >= 11 is 0. The van der Waals surface area contributed by atoms with Crippen LogP contribution in [0, 0.1) is 0 Å². The van der Waals surface area contributed by atoms with Crippen LogP contribution in [0.2, 0.25) is 0 Å². The summed E-state index contributed by atoms with van der Waals surface area (Å²) in [7, 11) is 3.18. The van der Waals surface area contributed by atoms with Gasteiger partial charge in [0.05, 0.1) is 14.2 Å². The standard InChI is InChI=1S/C6H10N2O2/c1-9-5-3-8-6(10-2)4-7-5/h3-4H2,1-2H3. The largest absolute Gasteiger partial charge is 0.483 e. The first-order valence-electron chi connectivity index (χ1n) is 3.01. The van der Waals surface area contributed by atoms with Gasteiger partial charge in [-0.15, -0.1) is 0 Å². The molecule has 1 heterocycles. The molecule has 0 aromatic rings. The molecule has 0 atom stereocenters. The zero-order chi connectivity index (χ0) is 7.40. The third-order valence-corrected chi connectivity index (χ3v) is 1.25. The molecule has 1 rings (SSSR count). The molecule has 0 amide bonds. The van der Waals surface area contributed by atoms with Crippen LogP contribution < -0.4 is 0 Å². The Morgan fingerprint density at radius 1 is 1.00 bits per heavy atom. The van der Waals surface area contributed by atoms with E-state index in [1.54, 1.807) is 14.2 Å². The van der Waals surface area contributed by atoms with Crippen molar-refractivity contribution in [2.45, 2.75) is 0 Å². The molecule has 0 aromatic heterocycles. The van der Waals surface area contributed by atoms with Crippen molar-refractivity contribution in [2.75, 3.05) is 27.3 Å². The average Bonchev–Trinajstić information content (AvgIpc) is 2.05. The molecule has 0 saturated carbocycles. The van der Waals surface area contributed by atoms with Crippen molar-refractivity contribution < 1.29 is 9.47 Å². The Morgan fingerprint density at radius 2 is 1.40 bits per heavy atom. The maximum atomic E-state index is 4.87. The minimum absolute atomic E-state index is 0.500. The zero-order valence-corrected chi connectivity index (χ0v) is 6.13. The number of hydrogen-bond acceptors (Lipinski definition) is 4. The number of methoxy groups -OCH3 is 2. The Bertz CT molecular complexity index is 155. The van der Waals surface area contributed by atoms with Crippen molar-refractivity contribution >= 4 is 11.8 Å². The summed E-state index contributed by atoms with van der Waals surface area (Å²) in [5.41, 5.74) is 0. The van der Waals surface area contributed by atoms with E-state index in [9.17, 15) is 0 Å². The maximum Gasteiger partial charge on any atom is 0.205 e. The molecule has 0 aromatic carbocycles. The second kappa shape index (κ2) is 3.20. The first-order valence-corrected chi connectivity index (χ1v) is 3.01. The molecular weight excluding hydrogens is 132 g/mol. The topological polar surface area (TPSA) is 43.2 Å². The quantitative estimate of drug-likeness (QED) is 0.481. The molecule has 0 bridgehead atoms. The molecule has 0 radical (unpaired) electrons. The van der Waals surface area contributed by atoms with Crippen LogP contribution in [0.5, 0.6) is 0 Å². The van der Waals surface area contributed by atoms with E-state index >= 15 is 0 Å². The third kappa shape index (κ3) is 1.46. The summed E-state index contributed by atoms with van der Waals surface area (Å²) in [6.07, 6.45) is 0. The summed E-state index contributed by atoms with van der Waals surface area (Å²) in [6.45, 7) is 0.999. The molecule has 0 saturated heterocycles. The van der Waals surface area contributed by atoms with E-state index < -0.39 is 0 Å². The van der Waals surface area contributed by atoms with Gasteiger partial charge in [0.25, 0.3) is 0 Å². The molecule has 0 fully saturated rings. The Labute approximate surface area is 59.6 Å². The minimum atomic E-state index is 0.500. The predicted octanol–water partition coefficient (Wildman–Crippen LogP) is 0.0898. The highest BCUT2D eigenvalue weighted by molar-refractivity contribution is 5.89. The van der Waals surface area contributed by atoms with Gasteiger partial charge in [-0.1, -0.05) is 0 Å². The van der Waals surface area contributed by atoms with Crippen LogP contribution in [0.3, 0.4) is 0 Å². The van der Waals surface area contributed by atoms with Gasteiger partial charge in [-0.25, -0.2) is 9.98 Å². The van der Waals surface area contributed by atoms with Crippen LogP contribution in [-0.4, -0.2) is 39.1 Å². The van der Waals surface area contributed by atoms with Crippen LogP contribution in [0.1, 0.15) is 0 Å². The first kappa shape index (κ1) is 7.05. The lowest BCUT2D eigenvalue weighted by Gasteiger charge is -2.09. The highest BCUT2D eigenvalue weighted by atomic mass is 16.5. The average molecular weight is 142 g/mol. The Morgan fingerprint density at radius 3 is 1.60 bits per heavy atom. The lowest BCUT2D eigenvalue weighted by atomic mass is 10.5. The van der Waals surface area contributed by atoms with Gasteiger partial charge in [0.1, 0.15) is 13.1 Å². The summed E-state index contributed by atoms with van der Waals surface area (Å²) in [5, 5.41) is 0. The lowest BCUT2D eigenvalue weighted by molar-refractivity contribution is 0.374. The summed E-state index contributed by atoms with van der Waals surface area (Å²) in [5.74, 6) is 1.33. The van der Waals surface area contributed by atoms with E-state index in [4.69, 9.17) is 9.47 Å². The van der Waals surface area contributed by atoms with Crippen molar-refractivity contribution in [3.63, 3.8) is 0 Å². The molecule has 1 aliphatic heterocycles. The van der Waals surface area contributed by atoms with Crippen molar-refractivity contribution in [2.24, 2.45) is 9.98 Å². The first-order chi connectivity index (χ1) is 4.86. The van der Waals surface area contributed by atoms with Crippen LogP contribution in [-0.2, 0) is 9.47 Å². The summed E-state index contributed by atoms with van der Waals surface area (Å²) in [4.78, 5) is 8.08. The van der Waals surface area contributed by atoms with Crippen molar-refractivity contribution in [1.29, 1.82) is 0 Å². The van der Waals surface area contributed by atoms with Crippen molar-refractivity contribution in [1.82, 2.24) is 0 Å². The number of aliphatic imine (C=N–C) groups is 2. The zero-order valence-electron chi connectivity index (χ0n) is 6.13. The van der Waals surface area contributed by atoms with Crippen LogP contribution >= 0.6 is 0 Å². The van der Waals surface area contributed by atoms with Gasteiger partial charge in [0, 0.05) is 0 Å². The molecule has 0 unspecified atom stereocenters. The smallest absolute Gasteiger partial charge is 0.205 e. The number of nitrogens with zero attached hydrogens (tertiary/aromatic N) is 2. The van der Waals surface area contributed by atoms with Crippen molar-refractivity contribution in [3.8, 4) is 0 Å². The van der Waals surface area contributed by atoms with Gasteiger partial charge >= 0.3 is 0 Å². The van der Waals surface area contributed by atoms with E-state index in [1.165, 1.54) is 0 Å². The molecule has 10 heavy (non-hydrogen) atoms. The number of hydrogen-bond donors (Lipinski definition) is 0. The minimum Gasteiger partial charge on any atom is -0.483 e. The van der Waals surface area contributed by atoms with Crippen LogP contribution in [0.4, 0.5) is 0 Å². The summed E-state index contributed by atoms with van der Waals surface area (Å²) < 4.78 is 9.74. The van der Waals surface area contributed by atoms with Gasteiger partial charge in [-0.3, -0.25) is 0 Å². The van der Waals surface area contributed by atoms with Gasteiger partial charge < -0.3 is 9.47 Å². The summed E-state index contributed by atoms with van der Waals surface area (Å²) in [6, 6.07) is 0. The van der Waals surface area contributed by atoms with Gasteiger partial charge in [-0.05, 0) is 0 Å². The van der Waals surface area contributed by atoms with Crippen LogP contribution in [0.15, 0.2) is 9.98 Å². The number of ether oxygens (including phenoxy) is 2. The van der Waals surface area contributed by atoms with E-state index in [-0.39, 0.29) is 0 Å². The fraction of sp³-hybridized carbons (Fsp3) is 0.667. The molecule has 0 aliphatic carbocycles. The second-order valence-electron chi connectivity index (χ2n) is 1.83. The highest BCUT2D eigenvalue weighted by Gasteiger charge is 2.06. The van der Waals surface area contributed by atoms with E-state index in [2.05, 4.69) is 9.98 Å². The Balaban J connectivity index is 2.45. The highest BCUT2D eigenvalue weighted by Crippen LogP contribution is 1.93. The molecular formula is C6H10N2O2. The fourth-order valence-electron chi connectivity index (χ4n) is 0.670. The van der Waals surface area contributed by atoms with Gasteiger partial charge in [0.15, 0.2) is 0 Å². The van der Waals surface area contributed by atoms with Crippen LogP contribution in [0.25, 0.3) is 0 Å². The maximum absolute atomic E-state index is 4.87. The van der Waals surface area contributed by atoms with E-state index in [0.717, 1.165) is 0 Å². The Kier molecular flexibility index (Phi) is 2.25. The number of rotatable bonds is 0. The fourth-order valence-corrected chi connectivity index (χ4v) is 0.670. The van der Waals surface area contributed by atoms with Gasteiger partial charge in [-0.2, -0.15) is 0 Å². The molecule has 1 aliphatic rings. The van der Waals surface area contributed by atoms with Crippen molar-refractivity contribution in [3.05, 3.63) is 0 Å². The lowest BCUT2D eigenvalue weighted by Crippen LogP contribution is -2.19. The van der Waals surface area contributed by atoms with E-state index in [0.29, 0.717) is 24.9 Å². The molecule has 4 heteroatoms. The monoisotopic (exact) mass is 142 g/mol. The van der Waals surface area contributed by atoms with Gasteiger partial charge in [0.2, 0.25) is 11.8 Å².